The number of hydrogen-bond acceptors (Lipinski definition) is 13. The molecule has 0 N–H and O–H groups in total. The lowest BCUT2D eigenvalue weighted by Crippen LogP contribution is -2.16. The Morgan fingerprint density at radius 2 is 1.26 bits per heavy atom. The van der Waals surface area contributed by atoms with Crippen LogP contribution in [0, 0.1) is 0 Å². The molecule has 0 saturated heterocycles. The van der Waals surface area contributed by atoms with Crippen molar-refractivity contribution in [1.29, 1.82) is 0 Å². The van der Waals surface area contributed by atoms with E-state index >= 15 is 0 Å². The Balaban J connectivity index is 0.000000231. The zero-order chi connectivity index (χ0) is 31.2. The first kappa shape index (κ1) is 33.1. The molecule has 0 bridgehead atoms. The first-order valence-corrected chi connectivity index (χ1v) is 16.5. The van der Waals surface area contributed by atoms with Gasteiger partial charge in [-0.25, -0.2) is 4.79 Å². The molecule has 2 aromatic rings. The summed E-state index contributed by atoms with van der Waals surface area (Å²) in [5, 5.41) is 7.89. The van der Waals surface area contributed by atoms with Gasteiger partial charge in [0.1, 0.15) is 5.71 Å². The molecule has 2 atom stereocenters. The van der Waals surface area contributed by atoms with Gasteiger partial charge in [0.2, 0.25) is 0 Å². The van der Waals surface area contributed by atoms with Crippen molar-refractivity contribution in [2.75, 3.05) is 19.1 Å². The van der Waals surface area contributed by atoms with Crippen molar-refractivity contribution >= 4 is 66.6 Å². The second kappa shape index (κ2) is 13.7. The number of Topliss-reactive ketones (excluding diaryl/α,β-unsaturated/α-hetero) is 1. The number of nitrogens with zero attached hydrogens (tertiary/aromatic N) is 2. The van der Waals surface area contributed by atoms with E-state index in [0.29, 0.717) is 11.1 Å². The second-order valence-corrected chi connectivity index (χ2v) is 12.8. The van der Waals surface area contributed by atoms with Gasteiger partial charge in [-0.2, -0.15) is 16.8 Å². The molecule has 2 aliphatic rings. The number of carbonyl (C=O) groups excluding carboxylic acids is 2. The number of hydrogen-bond donors (Lipinski definition) is 0. The summed E-state index contributed by atoms with van der Waals surface area (Å²) < 4.78 is 59.8. The number of ether oxygens (including phenoxy) is 1. The summed E-state index contributed by atoms with van der Waals surface area (Å²) in [6.45, 7) is 3.28. The van der Waals surface area contributed by atoms with Crippen LogP contribution in [0.15, 0.2) is 46.7 Å². The second-order valence-electron chi connectivity index (χ2n) is 8.83. The van der Waals surface area contributed by atoms with Crippen LogP contribution in [-0.4, -0.2) is 59.1 Å². The fraction of sp³-hybridized carbons (Fsp3) is 0.360. The lowest BCUT2D eigenvalue weighted by Gasteiger charge is -2.15. The van der Waals surface area contributed by atoms with Crippen molar-refractivity contribution < 1.29 is 49.2 Å². The van der Waals surface area contributed by atoms with E-state index in [9.17, 15) is 26.4 Å². The van der Waals surface area contributed by atoms with Crippen LogP contribution in [0.2, 0.25) is 10.0 Å². The lowest BCUT2D eigenvalue weighted by molar-refractivity contribution is -0.135. The van der Waals surface area contributed by atoms with Crippen LogP contribution in [0.5, 0.6) is 11.5 Å². The number of halogens is 2. The van der Waals surface area contributed by atoms with Crippen molar-refractivity contribution in [3.63, 3.8) is 0 Å². The van der Waals surface area contributed by atoms with Gasteiger partial charge >= 0.3 is 26.2 Å². The van der Waals surface area contributed by atoms with Gasteiger partial charge in [0, 0.05) is 19.8 Å². The average molecular weight is 666 g/mol. The number of oxime groups is 2. The minimum absolute atomic E-state index is 0.0420. The van der Waals surface area contributed by atoms with Crippen molar-refractivity contribution in [2.45, 2.75) is 38.9 Å². The molecule has 2 heterocycles. The summed E-state index contributed by atoms with van der Waals surface area (Å²) in [5.41, 5.74) is 1.06. The normalized spacial score (nSPS) is 18.0. The van der Waals surface area contributed by atoms with Gasteiger partial charge in [-0.1, -0.05) is 45.6 Å². The third-order valence-electron chi connectivity index (χ3n) is 5.41. The standard InChI is InChI=1S/C13H14ClNO6S.C12H12ClNO5S/c1-3-19-13(16)9-7-11(20-15-9)12-8(14)5-4-6-10(12)21-22(2,17)18;1-7(15)9-6-11(18-14-9)12-8(13)4-3-5-10(12)19-20(2,16)17/h4-6,11H,3,7H2,1-2H3;3-5,11H,6H2,1-2H3. The molecule has 17 heteroatoms. The highest BCUT2D eigenvalue weighted by Crippen LogP contribution is 2.40. The summed E-state index contributed by atoms with van der Waals surface area (Å²) in [7, 11) is -7.42. The fourth-order valence-electron chi connectivity index (χ4n) is 3.74. The number of ketones is 1. The van der Waals surface area contributed by atoms with Crippen LogP contribution in [-0.2, 0) is 44.2 Å². The Kier molecular flexibility index (Phi) is 10.8. The van der Waals surface area contributed by atoms with Gasteiger partial charge in [-0.05, 0) is 31.2 Å². The number of esters is 1. The summed E-state index contributed by atoms with van der Waals surface area (Å²) in [6.07, 6.45) is 0.838. The summed E-state index contributed by atoms with van der Waals surface area (Å²) in [5.74, 6) is -0.668. The molecule has 228 valence electrons. The van der Waals surface area contributed by atoms with E-state index in [4.69, 9.17) is 46.0 Å². The average Bonchev–Trinajstić information content (AvgIpc) is 3.53. The van der Waals surface area contributed by atoms with E-state index in [0.717, 1.165) is 12.5 Å². The van der Waals surface area contributed by atoms with Gasteiger partial charge in [-0.3, -0.25) is 4.79 Å². The molecule has 0 radical (unpaired) electrons. The summed E-state index contributed by atoms with van der Waals surface area (Å²) in [6, 6.07) is 9.19. The van der Waals surface area contributed by atoms with Crippen molar-refractivity contribution in [3.8, 4) is 11.5 Å². The zero-order valence-electron chi connectivity index (χ0n) is 22.7. The summed E-state index contributed by atoms with van der Waals surface area (Å²) >= 11 is 12.2. The third kappa shape index (κ3) is 9.05. The Labute approximate surface area is 252 Å². The topological polar surface area (TPSA) is 173 Å². The molecule has 4 rings (SSSR count). The monoisotopic (exact) mass is 664 g/mol. The Morgan fingerprint density at radius 3 is 1.64 bits per heavy atom. The molecule has 0 aliphatic carbocycles. The van der Waals surface area contributed by atoms with Crippen molar-refractivity contribution in [3.05, 3.63) is 57.6 Å². The van der Waals surface area contributed by atoms with Crippen LogP contribution in [0.3, 0.4) is 0 Å². The smallest absolute Gasteiger partial charge is 0.356 e. The molecule has 42 heavy (non-hydrogen) atoms. The van der Waals surface area contributed by atoms with E-state index in [-0.39, 0.29) is 58.2 Å². The highest BCUT2D eigenvalue weighted by Gasteiger charge is 2.33. The Bertz CT molecular complexity index is 1640. The maximum atomic E-state index is 11.6. The molecular weight excluding hydrogens is 639 g/mol. The maximum Gasteiger partial charge on any atom is 0.356 e. The van der Waals surface area contributed by atoms with Gasteiger partial charge < -0.3 is 22.8 Å². The molecule has 2 aliphatic heterocycles. The number of carbonyl (C=O) groups is 2. The van der Waals surface area contributed by atoms with E-state index in [1.165, 1.54) is 19.1 Å². The predicted molar refractivity (Wildman–Crippen MR) is 153 cm³/mol. The third-order valence-corrected chi connectivity index (χ3v) is 7.03. The lowest BCUT2D eigenvalue weighted by atomic mass is 10.0. The quantitative estimate of drug-likeness (QED) is 0.278. The minimum atomic E-state index is -3.73. The zero-order valence-corrected chi connectivity index (χ0v) is 25.8. The van der Waals surface area contributed by atoms with Crippen molar-refractivity contribution in [2.24, 2.45) is 10.3 Å². The highest BCUT2D eigenvalue weighted by atomic mass is 35.5. The maximum absolute atomic E-state index is 11.6. The largest absolute Gasteiger partial charge is 0.461 e. The van der Waals surface area contributed by atoms with Crippen molar-refractivity contribution in [1.82, 2.24) is 0 Å². The molecule has 0 spiro atoms. The number of rotatable bonds is 9. The minimum Gasteiger partial charge on any atom is -0.461 e. The van der Waals surface area contributed by atoms with Gasteiger partial charge in [0.15, 0.2) is 35.2 Å². The Hall–Kier alpha value is -3.40. The van der Waals surface area contributed by atoms with Gasteiger partial charge in [0.05, 0.1) is 40.3 Å². The predicted octanol–water partition coefficient (Wildman–Crippen LogP) is 4.14. The molecule has 0 aromatic heterocycles. The van der Waals surface area contributed by atoms with Crippen LogP contribution < -0.4 is 8.37 Å². The Morgan fingerprint density at radius 1 is 0.833 bits per heavy atom. The number of benzene rings is 2. The molecular formula is C25H26Cl2N2O11S2. The molecule has 2 aromatic carbocycles. The van der Waals surface area contributed by atoms with E-state index in [1.807, 2.05) is 0 Å². The van der Waals surface area contributed by atoms with Crippen LogP contribution >= 0.6 is 23.2 Å². The highest BCUT2D eigenvalue weighted by molar-refractivity contribution is 7.86. The van der Waals surface area contributed by atoms with E-state index < -0.39 is 38.4 Å². The van der Waals surface area contributed by atoms with Gasteiger partial charge in [-0.15, -0.1) is 0 Å². The van der Waals surface area contributed by atoms with Crippen LogP contribution in [0.25, 0.3) is 0 Å². The molecule has 13 nitrogen and oxygen atoms in total. The van der Waals surface area contributed by atoms with Gasteiger partial charge in [0.25, 0.3) is 0 Å². The van der Waals surface area contributed by atoms with Crippen LogP contribution in [0.4, 0.5) is 0 Å². The fourth-order valence-corrected chi connectivity index (χ4v) is 5.26. The SMILES string of the molecule is CC(=O)C1=NOC(c2c(Cl)cccc2OS(C)(=O)=O)C1.CCOC(=O)C1=NOC(c2c(Cl)cccc2OS(C)(=O)=O)C1. The first-order chi connectivity index (χ1) is 19.6. The van der Waals surface area contributed by atoms with Crippen LogP contribution in [0.1, 0.15) is 50.0 Å². The summed E-state index contributed by atoms with van der Waals surface area (Å²) in [4.78, 5) is 33.2. The molecule has 0 fully saturated rings. The molecule has 0 saturated carbocycles. The van der Waals surface area contributed by atoms with E-state index in [2.05, 4.69) is 10.3 Å². The molecule has 0 amide bonds. The first-order valence-electron chi connectivity index (χ1n) is 12.1. The van der Waals surface area contributed by atoms with E-state index in [1.54, 1.807) is 31.2 Å². The molecule has 2 unspecified atom stereocenters.